The lowest BCUT2D eigenvalue weighted by atomic mass is 10.1. The molecule has 1 N–H and O–H groups in total. The fraction of sp³-hybridized carbons (Fsp3) is 0.647. The average Bonchev–Trinajstić information content (AvgIpc) is 2.43. The van der Waals surface area contributed by atoms with Crippen molar-refractivity contribution in [2.45, 2.75) is 52.1 Å². The molecule has 108 valence electrons. The van der Waals surface area contributed by atoms with Crippen molar-refractivity contribution in [2.24, 2.45) is 0 Å². The molecule has 0 saturated carbocycles. The van der Waals surface area contributed by atoms with Crippen molar-refractivity contribution >= 4 is 0 Å². The molecule has 0 spiro atoms. The fourth-order valence-electron chi connectivity index (χ4n) is 2.34. The molecule has 2 unspecified atom stereocenters. The Bertz CT molecular complexity index is 323. The van der Waals surface area contributed by atoms with Crippen LogP contribution in [0.4, 0.5) is 0 Å². The Kier molecular flexibility index (Phi) is 7.76. The molecule has 1 aromatic rings. The van der Waals surface area contributed by atoms with Gasteiger partial charge in [0.15, 0.2) is 0 Å². The van der Waals surface area contributed by atoms with E-state index in [4.69, 9.17) is 0 Å². The molecule has 19 heavy (non-hydrogen) atoms. The maximum Gasteiger partial charge on any atom is 0.00787 e. The lowest BCUT2D eigenvalue weighted by Crippen LogP contribution is -2.37. The maximum absolute atomic E-state index is 3.57. The van der Waals surface area contributed by atoms with Gasteiger partial charge in [-0.25, -0.2) is 0 Å². The van der Waals surface area contributed by atoms with E-state index >= 15 is 0 Å². The number of rotatable bonds is 9. The molecule has 1 rings (SSSR count). The summed E-state index contributed by atoms with van der Waals surface area (Å²) in [5.41, 5.74) is 1.43. The van der Waals surface area contributed by atoms with E-state index in [-0.39, 0.29) is 0 Å². The smallest absolute Gasteiger partial charge is 0.00787 e. The summed E-state index contributed by atoms with van der Waals surface area (Å²) in [4.78, 5) is 2.47. The molecule has 2 heteroatoms. The second-order valence-corrected chi connectivity index (χ2v) is 5.66. The number of hydrogen-bond acceptors (Lipinski definition) is 2. The van der Waals surface area contributed by atoms with Crippen LogP contribution in [0, 0.1) is 0 Å². The van der Waals surface area contributed by atoms with Gasteiger partial charge in [0.2, 0.25) is 0 Å². The predicted octanol–water partition coefficient (Wildman–Crippen LogP) is 3.33. The Labute approximate surface area is 119 Å². The van der Waals surface area contributed by atoms with E-state index in [0.717, 1.165) is 19.5 Å². The van der Waals surface area contributed by atoms with Crippen LogP contribution in [-0.4, -0.2) is 37.1 Å². The number of likely N-dealkylation sites (N-methyl/N-ethyl adjacent to an activating group) is 1. The second-order valence-electron chi connectivity index (χ2n) is 5.66. The Morgan fingerprint density at radius 1 is 1.16 bits per heavy atom. The first-order valence-electron chi connectivity index (χ1n) is 7.61. The summed E-state index contributed by atoms with van der Waals surface area (Å²) in [6.07, 6.45) is 3.56. The van der Waals surface area contributed by atoms with E-state index in [1.54, 1.807) is 0 Å². The Morgan fingerprint density at radius 3 is 2.47 bits per heavy atom. The summed E-state index contributed by atoms with van der Waals surface area (Å²) in [6.45, 7) is 9.09. The van der Waals surface area contributed by atoms with Gasteiger partial charge in [0.05, 0.1) is 0 Å². The summed E-state index contributed by atoms with van der Waals surface area (Å²) in [5, 5.41) is 3.57. The SMILES string of the molecule is CCCNC(C)CC(C)N(C)CCc1ccccc1. The third-order valence-corrected chi connectivity index (χ3v) is 3.79. The van der Waals surface area contributed by atoms with Gasteiger partial charge in [0, 0.05) is 18.6 Å². The van der Waals surface area contributed by atoms with Crippen LogP contribution >= 0.6 is 0 Å². The van der Waals surface area contributed by atoms with Gasteiger partial charge in [-0.05, 0) is 52.3 Å². The van der Waals surface area contributed by atoms with Crippen molar-refractivity contribution in [2.75, 3.05) is 20.1 Å². The fourth-order valence-corrected chi connectivity index (χ4v) is 2.34. The molecule has 2 nitrogen and oxygen atoms in total. The van der Waals surface area contributed by atoms with Crippen molar-refractivity contribution in [1.82, 2.24) is 10.2 Å². The minimum absolute atomic E-state index is 0.606. The van der Waals surface area contributed by atoms with Gasteiger partial charge in [-0.2, -0.15) is 0 Å². The lowest BCUT2D eigenvalue weighted by Gasteiger charge is -2.27. The lowest BCUT2D eigenvalue weighted by molar-refractivity contribution is 0.233. The van der Waals surface area contributed by atoms with E-state index in [1.807, 2.05) is 0 Å². The minimum Gasteiger partial charge on any atom is -0.314 e. The van der Waals surface area contributed by atoms with Crippen LogP contribution < -0.4 is 5.32 Å². The summed E-state index contributed by atoms with van der Waals surface area (Å²) >= 11 is 0. The van der Waals surface area contributed by atoms with Crippen LogP contribution in [-0.2, 0) is 6.42 Å². The van der Waals surface area contributed by atoms with Crippen LogP contribution in [0.2, 0.25) is 0 Å². The minimum atomic E-state index is 0.606. The molecule has 0 bridgehead atoms. The van der Waals surface area contributed by atoms with Crippen LogP contribution in [0.5, 0.6) is 0 Å². The van der Waals surface area contributed by atoms with Gasteiger partial charge >= 0.3 is 0 Å². The Morgan fingerprint density at radius 2 is 1.84 bits per heavy atom. The molecule has 0 aromatic heterocycles. The van der Waals surface area contributed by atoms with Crippen molar-refractivity contribution in [1.29, 1.82) is 0 Å². The second kappa shape index (κ2) is 9.11. The largest absolute Gasteiger partial charge is 0.314 e. The van der Waals surface area contributed by atoms with Gasteiger partial charge in [-0.3, -0.25) is 0 Å². The monoisotopic (exact) mass is 262 g/mol. The molecule has 0 fully saturated rings. The van der Waals surface area contributed by atoms with E-state index in [1.165, 1.54) is 18.4 Å². The molecule has 1 aromatic carbocycles. The molecular weight excluding hydrogens is 232 g/mol. The standard InChI is InChI=1S/C17H30N2/c1-5-12-18-15(2)14-16(3)19(4)13-11-17-9-7-6-8-10-17/h6-10,15-16,18H,5,11-14H2,1-4H3. The highest BCUT2D eigenvalue weighted by Gasteiger charge is 2.12. The van der Waals surface area contributed by atoms with Gasteiger partial charge in [-0.15, -0.1) is 0 Å². The van der Waals surface area contributed by atoms with Gasteiger partial charge in [0.25, 0.3) is 0 Å². The average molecular weight is 262 g/mol. The first-order chi connectivity index (χ1) is 9.13. The van der Waals surface area contributed by atoms with Gasteiger partial charge in [0.1, 0.15) is 0 Å². The number of benzene rings is 1. The zero-order chi connectivity index (χ0) is 14.1. The predicted molar refractivity (Wildman–Crippen MR) is 84.6 cm³/mol. The van der Waals surface area contributed by atoms with Crippen molar-refractivity contribution in [3.63, 3.8) is 0 Å². The first kappa shape index (κ1) is 16.2. The quantitative estimate of drug-likeness (QED) is 0.734. The van der Waals surface area contributed by atoms with Gasteiger partial charge in [-0.1, -0.05) is 37.3 Å². The van der Waals surface area contributed by atoms with Crippen molar-refractivity contribution in [3.05, 3.63) is 35.9 Å². The molecule has 0 saturated heterocycles. The van der Waals surface area contributed by atoms with Crippen LogP contribution in [0.25, 0.3) is 0 Å². The summed E-state index contributed by atoms with van der Waals surface area (Å²) < 4.78 is 0. The molecule has 2 atom stereocenters. The van der Waals surface area contributed by atoms with E-state index < -0.39 is 0 Å². The van der Waals surface area contributed by atoms with E-state index in [0.29, 0.717) is 12.1 Å². The normalized spacial score (nSPS) is 14.6. The zero-order valence-corrected chi connectivity index (χ0v) is 13.0. The van der Waals surface area contributed by atoms with Crippen LogP contribution in [0.3, 0.4) is 0 Å². The maximum atomic E-state index is 3.57. The highest BCUT2D eigenvalue weighted by atomic mass is 15.1. The number of nitrogens with one attached hydrogen (secondary N) is 1. The zero-order valence-electron chi connectivity index (χ0n) is 13.0. The summed E-state index contributed by atoms with van der Waals surface area (Å²) in [5.74, 6) is 0. The third kappa shape index (κ3) is 6.74. The van der Waals surface area contributed by atoms with E-state index in [2.05, 4.69) is 68.4 Å². The molecule has 0 aliphatic rings. The molecule has 0 aliphatic carbocycles. The molecular formula is C17H30N2. The molecule has 0 aliphatic heterocycles. The first-order valence-corrected chi connectivity index (χ1v) is 7.61. The molecule has 0 heterocycles. The summed E-state index contributed by atoms with van der Waals surface area (Å²) in [7, 11) is 2.24. The number of nitrogens with zero attached hydrogens (tertiary/aromatic N) is 1. The van der Waals surface area contributed by atoms with Crippen LogP contribution in [0.15, 0.2) is 30.3 Å². The summed E-state index contributed by atoms with van der Waals surface area (Å²) in [6, 6.07) is 12.0. The van der Waals surface area contributed by atoms with E-state index in [9.17, 15) is 0 Å². The van der Waals surface area contributed by atoms with Crippen molar-refractivity contribution < 1.29 is 0 Å². The topological polar surface area (TPSA) is 15.3 Å². The third-order valence-electron chi connectivity index (χ3n) is 3.79. The molecule has 0 radical (unpaired) electrons. The van der Waals surface area contributed by atoms with Gasteiger partial charge < -0.3 is 10.2 Å². The highest BCUT2D eigenvalue weighted by Crippen LogP contribution is 2.07. The van der Waals surface area contributed by atoms with Crippen LogP contribution in [0.1, 0.15) is 39.2 Å². The highest BCUT2D eigenvalue weighted by molar-refractivity contribution is 5.14. The van der Waals surface area contributed by atoms with Crippen molar-refractivity contribution in [3.8, 4) is 0 Å². The Balaban J connectivity index is 2.26. The molecule has 0 amide bonds. The Hall–Kier alpha value is -0.860. The number of hydrogen-bond donors (Lipinski definition) is 1.